The molecule has 0 aliphatic carbocycles. The van der Waals surface area contributed by atoms with Crippen LogP contribution < -0.4 is 0 Å². The molecule has 0 aromatic heterocycles. The third-order valence-electron chi connectivity index (χ3n) is 5.58. The molecule has 0 bridgehead atoms. The van der Waals surface area contributed by atoms with Crippen LogP contribution in [0.4, 0.5) is 0 Å². The van der Waals surface area contributed by atoms with Gasteiger partial charge < -0.3 is 5.11 Å². The molecule has 0 radical (unpaired) electrons. The summed E-state index contributed by atoms with van der Waals surface area (Å²) in [5.41, 5.74) is 0. The fourth-order valence-electron chi connectivity index (χ4n) is 3.68. The van der Waals surface area contributed by atoms with E-state index in [4.69, 9.17) is 4.55 Å². The smallest absolute Gasteiger partial charge is 0.267 e. The first-order valence-electron chi connectivity index (χ1n) is 11.6. The maximum atomic E-state index is 11.1. The van der Waals surface area contributed by atoms with E-state index in [1.54, 1.807) is 0 Å². The summed E-state index contributed by atoms with van der Waals surface area (Å²) in [4.78, 5) is 0. The van der Waals surface area contributed by atoms with E-state index in [0.29, 0.717) is 12.8 Å². The molecule has 0 aliphatic heterocycles. The van der Waals surface area contributed by atoms with Gasteiger partial charge in [-0.3, -0.25) is 4.55 Å². The molecule has 0 aromatic carbocycles. The van der Waals surface area contributed by atoms with Crippen LogP contribution in [0.15, 0.2) is 0 Å². The molecule has 27 heavy (non-hydrogen) atoms. The summed E-state index contributed by atoms with van der Waals surface area (Å²) in [6.45, 7) is 4.01. The average Bonchev–Trinajstić information content (AvgIpc) is 2.61. The minimum Gasteiger partial charge on any atom is -0.393 e. The monoisotopic (exact) mass is 406 g/mol. The predicted molar refractivity (Wildman–Crippen MR) is 116 cm³/mol. The van der Waals surface area contributed by atoms with Gasteiger partial charge in [0.05, 0.1) is 11.4 Å². The minimum absolute atomic E-state index is 0.0818. The van der Waals surface area contributed by atoms with Crippen molar-refractivity contribution in [3.8, 4) is 0 Å². The van der Waals surface area contributed by atoms with Gasteiger partial charge in [-0.2, -0.15) is 8.42 Å². The van der Waals surface area contributed by atoms with Gasteiger partial charge in [0.15, 0.2) is 0 Å². The Labute approximate surface area is 169 Å². The topological polar surface area (TPSA) is 74.6 Å². The number of hydrogen-bond acceptors (Lipinski definition) is 3. The van der Waals surface area contributed by atoms with Crippen molar-refractivity contribution in [1.82, 2.24) is 0 Å². The Hall–Kier alpha value is -0.130. The molecule has 0 saturated carbocycles. The van der Waals surface area contributed by atoms with E-state index in [9.17, 15) is 13.5 Å². The fraction of sp³-hybridized carbons (Fsp3) is 1.00. The second kappa shape index (κ2) is 17.9. The first-order valence-corrected chi connectivity index (χ1v) is 13.1. The Morgan fingerprint density at radius 2 is 1.00 bits per heavy atom. The first-order chi connectivity index (χ1) is 12.9. The lowest BCUT2D eigenvalue weighted by Gasteiger charge is -2.10. The highest BCUT2D eigenvalue weighted by molar-refractivity contribution is 7.86. The molecule has 4 nitrogen and oxygen atoms in total. The summed E-state index contributed by atoms with van der Waals surface area (Å²) >= 11 is 0. The number of hydrogen-bond donors (Lipinski definition) is 2. The van der Waals surface area contributed by atoms with Crippen LogP contribution in [0.1, 0.15) is 129 Å². The van der Waals surface area contributed by atoms with Crippen LogP contribution >= 0.6 is 0 Å². The van der Waals surface area contributed by atoms with Crippen molar-refractivity contribution in [3.05, 3.63) is 0 Å². The summed E-state index contributed by atoms with van der Waals surface area (Å²) in [6, 6.07) is 0. The maximum absolute atomic E-state index is 11.1. The second-order valence-corrected chi connectivity index (χ2v) is 9.86. The van der Waals surface area contributed by atoms with Crippen molar-refractivity contribution >= 4 is 10.1 Å². The molecule has 0 heterocycles. The third-order valence-corrected chi connectivity index (χ3v) is 6.99. The molecule has 2 atom stereocenters. The van der Waals surface area contributed by atoms with Crippen molar-refractivity contribution in [2.45, 2.75) is 141 Å². The van der Waals surface area contributed by atoms with E-state index in [2.05, 4.69) is 6.92 Å². The summed E-state index contributed by atoms with van der Waals surface area (Å²) in [5, 5.41) is 9.30. The van der Waals surface area contributed by atoms with Crippen molar-refractivity contribution < 1.29 is 18.1 Å². The largest absolute Gasteiger partial charge is 0.393 e. The van der Waals surface area contributed by atoms with Crippen LogP contribution in [0.5, 0.6) is 0 Å². The van der Waals surface area contributed by atoms with Crippen LogP contribution in [0.2, 0.25) is 0 Å². The zero-order chi connectivity index (χ0) is 20.4. The highest BCUT2D eigenvalue weighted by Gasteiger charge is 2.19. The van der Waals surface area contributed by atoms with Gasteiger partial charge in [-0.1, -0.05) is 104 Å². The number of rotatable bonds is 20. The summed E-state index contributed by atoms with van der Waals surface area (Å²) in [5.74, 6) is 0. The Bertz CT molecular complexity index is 409. The lowest BCUT2D eigenvalue weighted by molar-refractivity contribution is 0.147. The van der Waals surface area contributed by atoms with Gasteiger partial charge >= 0.3 is 0 Å². The molecule has 5 heteroatoms. The predicted octanol–water partition coefficient (Wildman–Crippen LogP) is 6.67. The summed E-state index contributed by atoms with van der Waals surface area (Å²) in [6.07, 6.45) is 19.8. The van der Waals surface area contributed by atoms with Gasteiger partial charge in [0, 0.05) is 0 Å². The third kappa shape index (κ3) is 17.7. The van der Waals surface area contributed by atoms with E-state index >= 15 is 0 Å². The lowest BCUT2D eigenvalue weighted by Crippen LogP contribution is -2.19. The number of aliphatic hydroxyl groups is 1. The average molecular weight is 407 g/mol. The molecule has 0 aliphatic rings. The van der Waals surface area contributed by atoms with Gasteiger partial charge in [0.1, 0.15) is 0 Å². The van der Waals surface area contributed by atoms with Crippen molar-refractivity contribution in [2.24, 2.45) is 0 Å². The highest BCUT2D eigenvalue weighted by atomic mass is 32.2. The van der Waals surface area contributed by atoms with Gasteiger partial charge in [0.25, 0.3) is 10.1 Å². The van der Waals surface area contributed by atoms with E-state index in [1.807, 2.05) is 6.92 Å². The molecule has 2 unspecified atom stereocenters. The van der Waals surface area contributed by atoms with Crippen molar-refractivity contribution in [1.29, 1.82) is 0 Å². The van der Waals surface area contributed by atoms with E-state index in [1.165, 1.54) is 57.8 Å². The minimum atomic E-state index is -3.85. The van der Waals surface area contributed by atoms with Crippen LogP contribution in [-0.4, -0.2) is 29.4 Å². The van der Waals surface area contributed by atoms with Gasteiger partial charge in [-0.15, -0.1) is 0 Å². The van der Waals surface area contributed by atoms with E-state index in [0.717, 1.165) is 44.9 Å². The molecule has 0 aromatic rings. The van der Waals surface area contributed by atoms with Gasteiger partial charge in [-0.25, -0.2) is 0 Å². The van der Waals surface area contributed by atoms with Gasteiger partial charge in [-0.05, 0) is 25.7 Å². The molecule has 0 rings (SSSR count). The van der Waals surface area contributed by atoms with Crippen LogP contribution in [-0.2, 0) is 10.1 Å². The summed E-state index contributed by atoms with van der Waals surface area (Å²) in [7, 11) is -3.85. The Balaban J connectivity index is 3.29. The molecule has 164 valence electrons. The normalized spacial score (nSPS) is 14.4. The Morgan fingerprint density at radius 1 is 0.630 bits per heavy atom. The van der Waals surface area contributed by atoms with Crippen LogP contribution in [0.3, 0.4) is 0 Å². The lowest BCUT2D eigenvalue weighted by atomic mass is 10.0. The van der Waals surface area contributed by atoms with Crippen molar-refractivity contribution in [2.75, 3.05) is 0 Å². The second-order valence-electron chi connectivity index (χ2n) is 8.16. The SMILES string of the molecule is CCCCCC(O)CCCCCCCCCCCCCC(CC)S(=O)(=O)O. The van der Waals surface area contributed by atoms with Crippen molar-refractivity contribution in [3.63, 3.8) is 0 Å². The zero-order valence-electron chi connectivity index (χ0n) is 18.0. The van der Waals surface area contributed by atoms with E-state index in [-0.39, 0.29) is 6.10 Å². The van der Waals surface area contributed by atoms with Gasteiger partial charge in [0.2, 0.25) is 0 Å². The molecule has 0 fully saturated rings. The fourth-order valence-corrected chi connectivity index (χ4v) is 4.57. The maximum Gasteiger partial charge on any atom is 0.267 e. The zero-order valence-corrected chi connectivity index (χ0v) is 18.8. The molecule has 0 saturated heterocycles. The molecular formula is C22H46O4S. The molecular weight excluding hydrogens is 360 g/mol. The Morgan fingerprint density at radius 3 is 1.37 bits per heavy atom. The standard InChI is InChI=1S/C22H46O4S/c1-3-5-15-18-21(23)19-16-13-11-9-7-6-8-10-12-14-17-20-22(4-2)27(24,25)26/h21-23H,3-20H2,1-2H3,(H,24,25,26). The van der Waals surface area contributed by atoms with E-state index < -0.39 is 15.4 Å². The Kier molecular flexibility index (Phi) is 17.8. The quantitative estimate of drug-likeness (QED) is 0.175. The number of unbranched alkanes of at least 4 members (excludes halogenated alkanes) is 12. The number of aliphatic hydroxyl groups excluding tert-OH is 1. The first kappa shape index (κ1) is 26.9. The van der Waals surface area contributed by atoms with Crippen LogP contribution in [0.25, 0.3) is 0 Å². The highest BCUT2D eigenvalue weighted by Crippen LogP contribution is 2.17. The molecule has 0 spiro atoms. The molecule has 2 N–H and O–H groups in total. The van der Waals surface area contributed by atoms with Crippen LogP contribution in [0, 0.1) is 0 Å². The molecule has 0 amide bonds. The summed E-state index contributed by atoms with van der Waals surface area (Å²) < 4.78 is 31.3.